The molecule has 0 amide bonds. The average molecular weight is 284 g/mol. The summed E-state index contributed by atoms with van der Waals surface area (Å²) in [6.45, 7) is 0.477. The molecule has 0 heterocycles. The van der Waals surface area contributed by atoms with Gasteiger partial charge in [0.25, 0.3) is 10.1 Å². The van der Waals surface area contributed by atoms with Crippen LogP contribution in [0.3, 0.4) is 0 Å². The average Bonchev–Trinajstić information content (AvgIpc) is 2.47. The molecule has 0 radical (unpaired) electrons. The van der Waals surface area contributed by atoms with E-state index >= 15 is 0 Å². The Morgan fingerprint density at radius 3 is 2.21 bits per heavy atom. The maximum absolute atomic E-state index is 11.9. The van der Waals surface area contributed by atoms with Crippen LogP contribution in [0.15, 0.2) is 35.2 Å². The summed E-state index contributed by atoms with van der Waals surface area (Å²) in [5.41, 5.74) is 0. The summed E-state index contributed by atoms with van der Waals surface area (Å²) >= 11 is 0. The van der Waals surface area contributed by atoms with Crippen molar-refractivity contribution in [1.29, 1.82) is 0 Å². The maximum atomic E-state index is 11.9. The molecule has 106 valence electrons. The number of hydrogen-bond acceptors (Lipinski definition) is 4. The molecule has 0 unspecified atom stereocenters. The van der Waals surface area contributed by atoms with Gasteiger partial charge in [0, 0.05) is 6.61 Å². The first-order chi connectivity index (χ1) is 9.12. The molecular weight excluding hydrogens is 264 g/mol. The van der Waals surface area contributed by atoms with Gasteiger partial charge in [-0.3, -0.25) is 4.18 Å². The molecule has 0 atom stereocenters. The topological polar surface area (TPSA) is 63.6 Å². The first-order valence-corrected chi connectivity index (χ1v) is 8.08. The van der Waals surface area contributed by atoms with Gasteiger partial charge >= 0.3 is 0 Å². The van der Waals surface area contributed by atoms with Crippen LogP contribution in [0.5, 0.6) is 0 Å². The van der Waals surface area contributed by atoms with Gasteiger partial charge in [-0.15, -0.1) is 0 Å². The monoisotopic (exact) mass is 284 g/mol. The highest BCUT2D eigenvalue weighted by atomic mass is 32.2. The molecule has 1 aromatic rings. The summed E-state index contributed by atoms with van der Waals surface area (Å²) in [4.78, 5) is 0.207. The van der Waals surface area contributed by atoms with E-state index in [0.29, 0.717) is 5.92 Å². The third-order valence-electron chi connectivity index (χ3n) is 3.72. The van der Waals surface area contributed by atoms with Gasteiger partial charge in [0.1, 0.15) is 0 Å². The largest absolute Gasteiger partial charge is 0.396 e. The normalized spacial score (nSPS) is 24.3. The molecule has 2 rings (SSSR count). The van der Waals surface area contributed by atoms with Gasteiger partial charge < -0.3 is 5.11 Å². The zero-order chi connectivity index (χ0) is 13.7. The smallest absolute Gasteiger partial charge is 0.296 e. The van der Waals surface area contributed by atoms with E-state index in [1.165, 1.54) is 12.1 Å². The van der Waals surface area contributed by atoms with E-state index in [-0.39, 0.29) is 24.0 Å². The molecule has 0 aromatic heterocycles. The van der Waals surface area contributed by atoms with Gasteiger partial charge in [-0.25, -0.2) is 0 Å². The Morgan fingerprint density at radius 2 is 1.63 bits per heavy atom. The second-order valence-corrected chi connectivity index (χ2v) is 6.74. The third-order valence-corrected chi connectivity index (χ3v) is 5.01. The number of rotatable bonds is 5. The summed E-state index contributed by atoms with van der Waals surface area (Å²) < 4.78 is 29.0. The second-order valence-electron chi connectivity index (χ2n) is 5.12. The fraction of sp³-hybridized carbons (Fsp3) is 0.571. The lowest BCUT2D eigenvalue weighted by molar-refractivity contribution is 0.141. The molecule has 1 aliphatic carbocycles. The Hall–Kier alpha value is -0.910. The van der Waals surface area contributed by atoms with Crippen molar-refractivity contribution in [1.82, 2.24) is 0 Å². The van der Waals surface area contributed by atoms with E-state index < -0.39 is 10.1 Å². The van der Waals surface area contributed by atoms with Crippen molar-refractivity contribution < 1.29 is 17.7 Å². The van der Waals surface area contributed by atoms with Crippen LogP contribution in [0, 0.1) is 11.8 Å². The summed E-state index contributed by atoms with van der Waals surface area (Å²) in [6, 6.07) is 8.22. The van der Waals surface area contributed by atoms with E-state index in [1.54, 1.807) is 18.2 Å². The number of benzene rings is 1. The minimum Gasteiger partial charge on any atom is -0.396 e. The van der Waals surface area contributed by atoms with Crippen LogP contribution in [0.25, 0.3) is 0 Å². The summed E-state index contributed by atoms with van der Waals surface area (Å²) in [6.07, 6.45) is 3.76. The predicted molar refractivity (Wildman–Crippen MR) is 72.1 cm³/mol. The van der Waals surface area contributed by atoms with E-state index in [9.17, 15) is 8.42 Å². The van der Waals surface area contributed by atoms with Crippen LogP contribution in [-0.2, 0) is 14.3 Å². The van der Waals surface area contributed by atoms with Crippen molar-refractivity contribution in [3.63, 3.8) is 0 Å². The van der Waals surface area contributed by atoms with Crippen molar-refractivity contribution in [2.24, 2.45) is 11.8 Å². The molecule has 1 saturated carbocycles. The summed E-state index contributed by atoms with van der Waals surface area (Å²) in [5, 5.41) is 9.06. The van der Waals surface area contributed by atoms with E-state index in [2.05, 4.69) is 0 Å². The Bertz CT molecular complexity index is 475. The van der Waals surface area contributed by atoms with Gasteiger partial charge in [0.2, 0.25) is 0 Å². The van der Waals surface area contributed by atoms with Crippen LogP contribution in [0.1, 0.15) is 25.7 Å². The third kappa shape index (κ3) is 4.03. The number of aliphatic hydroxyl groups excluding tert-OH is 1. The molecule has 1 fully saturated rings. The van der Waals surface area contributed by atoms with Gasteiger partial charge in [0.15, 0.2) is 0 Å². The van der Waals surface area contributed by atoms with Gasteiger partial charge in [-0.2, -0.15) is 8.42 Å². The Morgan fingerprint density at radius 1 is 1.05 bits per heavy atom. The van der Waals surface area contributed by atoms with Gasteiger partial charge in [-0.1, -0.05) is 18.2 Å². The summed E-state index contributed by atoms with van der Waals surface area (Å²) in [7, 11) is -3.63. The molecule has 0 saturated heterocycles. The highest BCUT2D eigenvalue weighted by Gasteiger charge is 2.23. The quantitative estimate of drug-likeness (QED) is 0.842. The van der Waals surface area contributed by atoms with Crippen molar-refractivity contribution in [3.8, 4) is 0 Å². The van der Waals surface area contributed by atoms with Crippen LogP contribution in [0.2, 0.25) is 0 Å². The Kier molecular flexibility index (Phi) is 4.96. The van der Waals surface area contributed by atoms with Crippen molar-refractivity contribution in [2.75, 3.05) is 13.2 Å². The molecule has 1 aliphatic rings. The zero-order valence-electron chi connectivity index (χ0n) is 10.9. The zero-order valence-corrected chi connectivity index (χ0v) is 11.7. The molecule has 1 aromatic carbocycles. The second kappa shape index (κ2) is 6.50. The molecule has 0 bridgehead atoms. The Balaban J connectivity index is 1.86. The van der Waals surface area contributed by atoms with E-state index in [4.69, 9.17) is 9.29 Å². The highest BCUT2D eigenvalue weighted by Crippen LogP contribution is 2.29. The lowest BCUT2D eigenvalue weighted by atomic mass is 9.83. The molecule has 0 aliphatic heterocycles. The molecule has 1 N–H and O–H groups in total. The molecule has 0 spiro atoms. The van der Waals surface area contributed by atoms with Gasteiger partial charge in [-0.05, 0) is 49.7 Å². The lowest BCUT2D eigenvalue weighted by Crippen LogP contribution is -2.22. The minimum absolute atomic E-state index is 0.207. The van der Waals surface area contributed by atoms with E-state index in [0.717, 1.165) is 25.7 Å². The fourth-order valence-corrected chi connectivity index (χ4v) is 3.42. The number of hydrogen-bond donors (Lipinski definition) is 1. The van der Waals surface area contributed by atoms with Crippen LogP contribution >= 0.6 is 0 Å². The van der Waals surface area contributed by atoms with Crippen LogP contribution in [0.4, 0.5) is 0 Å². The number of aliphatic hydroxyl groups is 1. The highest BCUT2D eigenvalue weighted by molar-refractivity contribution is 7.86. The first kappa shape index (κ1) is 14.5. The standard InChI is InChI=1S/C14H20O4S/c15-10-12-6-8-13(9-7-12)11-18-19(16,17)14-4-2-1-3-5-14/h1-5,12-13,15H,6-11H2. The molecular formula is C14H20O4S. The van der Waals surface area contributed by atoms with E-state index in [1.807, 2.05) is 0 Å². The lowest BCUT2D eigenvalue weighted by Gasteiger charge is -2.26. The molecule has 4 nitrogen and oxygen atoms in total. The summed E-state index contributed by atoms with van der Waals surface area (Å²) in [5.74, 6) is 0.656. The molecule has 19 heavy (non-hydrogen) atoms. The Labute approximate surface area is 114 Å². The van der Waals surface area contributed by atoms with Crippen molar-refractivity contribution >= 4 is 10.1 Å². The predicted octanol–water partition coefficient (Wildman–Crippen LogP) is 2.19. The van der Waals surface area contributed by atoms with Crippen LogP contribution < -0.4 is 0 Å². The SMILES string of the molecule is O=S(=O)(OCC1CCC(CO)CC1)c1ccccc1. The molecule has 5 heteroatoms. The van der Waals surface area contributed by atoms with Crippen molar-refractivity contribution in [2.45, 2.75) is 30.6 Å². The minimum atomic E-state index is -3.63. The fourth-order valence-electron chi connectivity index (χ4n) is 2.42. The van der Waals surface area contributed by atoms with Crippen molar-refractivity contribution in [3.05, 3.63) is 30.3 Å². The maximum Gasteiger partial charge on any atom is 0.296 e. The van der Waals surface area contributed by atoms with Crippen LogP contribution in [-0.4, -0.2) is 26.7 Å². The van der Waals surface area contributed by atoms with Gasteiger partial charge in [0.05, 0.1) is 11.5 Å². The first-order valence-electron chi connectivity index (χ1n) is 6.67.